The average Bonchev–Trinajstić information content (AvgIpc) is 2.11. The molecule has 0 radical (unpaired) electrons. The summed E-state index contributed by atoms with van der Waals surface area (Å²) in [6.45, 7) is 0.797. The van der Waals surface area contributed by atoms with Crippen molar-refractivity contribution in [3.05, 3.63) is 27.1 Å². The first kappa shape index (κ1) is 10.6. The molecule has 0 aliphatic rings. The van der Waals surface area contributed by atoms with Crippen LogP contribution in [0.2, 0.25) is 0 Å². The molecular formula is C10H9Br2N. The molecule has 0 heterocycles. The van der Waals surface area contributed by atoms with E-state index in [1.54, 1.807) is 0 Å². The zero-order valence-corrected chi connectivity index (χ0v) is 10.2. The highest BCUT2D eigenvalue weighted by molar-refractivity contribution is 9.11. The van der Waals surface area contributed by atoms with Gasteiger partial charge in [0.25, 0.3) is 0 Å². The van der Waals surface area contributed by atoms with E-state index in [-0.39, 0.29) is 0 Å². The van der Waals surface area contributed by atoms with Gasteiger partial charge < -0.3 is 5.32 Å². The Morgan fingerprint density at radius 2 is 2.15 bits per heavy atom. The van der Waals surface area contributed by atoms with Gasteiger partial charge in [-0.15, -0.1) is 12.3 Å². The van der Waals surface area contributed by atoms with Crippen molar-refractivity contribution in [2.75, 3.05) is 11.9 Å². The summed E-state index contributed by atoms with van der Waals surface area (Å²) in [4.78, 5) is 0. The average molecular weight is 303 g/mol. The van der Waals surface area contributed by atoms with Gasteiger partial charge in [0.2, 0.25) is 0 Å². The van der Waals surface area contributed by atoms with Crippen LogP contribution in [0.1, 0.15) is 6.42 Å². The summed E-state index contributed by atoms with van der Waals surface area (Å²) in [6.07, 6.45) is 5.88. The molecule has 0 unspecified atom stereocenters. The molecule has 3 heteroatoms. The van der Waals surface area contributed by atoms with Gasteiger partial charge in [-0.05, 0) is 34.1 Å². The fourth-order valence-corrected chi connectivity index (χ4v) is 1.65. The molecular weight excluding hydrogens is 294 g/mol. The molecule has 0 aromatic heterocycles. The van der Waals surface area contributed by atoms with Crippen LogP contribution in [0.3, 0.4) is 0 Å². The second-order valence-corrected chi connectivity index (χ2v) is 4.28. The lowest BCUT2D eigenvalue weighted by molar-refractivity contribution is 1.10. The molecule has 1 nitrogen and oxygen atoms in total. The largest absolute Gasteiger partial charge is 0.383 e. The van der Waals surface area contributed by atoms with Crippen LogP contribution in [0.15, 0.2) is 27.1 Å². The highest BCUT2D eigenvalue weighted by Gasteiger charge is 1.98. The third kappa shape index (κ3) is 3.41. The summed E-state index contributed by atoms with van der Waals surface area (Å²) in [5.41, 5.74) is 1.06. The van der Waals surface area contributed by atoms with Gasteiger partial charge in [0.05, 0.1) is 0 Å². The molecule has 0 fully saturated rings. The lowest BCUT2D eigenvalue weighted by atomic mass is 10.3. The number of hydrogen-bond donors (Lipinski definition) is 1. The molecule has 0 aliphatic heterocycles. The molecule has 0 spiro atoms. The maximum absolute atomic E-state index is 5.15. The van der Waals surface area contributed by atoms with Crippen molar-refractivity contribution in [2.45, 2.75) is 6.42 Å². The molecule has 0 atom stereocenters. The Balaban J connectivity index is 2.65. The second kappa shape index (κ2) is 5.31. The van der Waals surface area contributed by atoms with Crippen molar-refractivity contribution in [3.8, 4) is 12.3 Å². The smallest absolute Gasteiger partial charge is 0.0496 e. The van der Waals surface area contributed by atoms with Crippen LogP contribution in [0.25, 0.3) is 0 Å². The fourth-order valence-electron chi connectivity index (χ4n) is 0.902. The zero-order chi connectivity index (χ0) is 9.68. The molecule has 0 saturated heterocycles. The van der Waals surface area contributed by atoms with Gasteiger partial charge >= 0.3 is 0 Å². The van der Waals surface area contributed by atoms with Crippen LogP contribution >= 0.6 is 31.9 Å². The summed E-state index contributed by atoms with van der Waals surface area (Å²) < 4.78 is 2.10. The van der Waals surface area contributed by atoms with E-state index in [1.165, 1.54) is 0 Å². The van der Waals surface area contributed by atoms with Crippen LogP contribution in [-0.2, 0) is 0 Å². The van der Waals surface area contributed by atoms with Gasteiger partial charge in [-0.3, -0.25) is 0 Å². The van der Waals surface area contributed by atoms with Gasteiger partial charge in [-0.25, -0.2) is 0 Å². The summed E-state index contributed by atoms with van der Waals surface area (Å²) in [5, 5.41) is 3.24. The molecule has 1 aromatic rings. The third-order valence-electron chi connectivity index (χ3n) is 1.51. The summed E-state index contributed by atoms with van der Waals surface area (Å²) >= 11 is 6.85. The van der Waals surface area contributed by atoms with Crippen molar-refractivity contribution in [1.82, 2.24) is 0 Å². The van der Waals surface area contributed by atoms with Crippen LogP contribution in [0.4, 0.5) is 5.69 Å². The van der Waals surface area contributed by atoms with E-state index in [1.807, 2.05) is 18.2 Å². The molecule has 0 bridgehead atoms. The monoisotopic (exact) mass is 301 g/mol. The Kier molecular flexibility index (Phi) is 4.34. The van der Waals surface area contributed by atoms with E-state index < -0.39 is 0 Å². The minimum atomic E-state index is 0.735. The number of benzene rings is 1. The molecule has 68 valence electrons. The van der Waals surface area contributed by atoms with Crippen molar-refractivity contribution in [3.63, 3.8) is 0 Å². The Bertz CT molecular complexity index is 328. The first-order valence-electron chi connectivity index (χ1n) is 3.86. The third-order valence-corrected chi connectivity index (χ3v) is 2.70. The van der Waals surface area contributed by atoms with Gasteiger partial charge in [0, 0.05) is 27.6 Å². The van der Waals surface area contributed by atoms with Crippen LogP contribution in [0, 0.1) is 12.3 Å². The second-order valence-electron chi connectivity index (χ2n) is 2.51. The SMILES string of the molecule is C#CCCNc1cc(Br)ccc1Br. The number of rotatable bonds is 3. The summed E-state index contributed by atoms with van der Waals surface area (Å²) in [6, 6.07) is 5.99. The Morgan fingerprint density at radius 3 is 2.85 bits per heavy atom. The van der Waals surface area contributed by atoms with Gasteiger partial charge in [-0.1, -0.05) is 15.9 Å². The molecule has 1 rings (SSSR count). The predicted molar refractivity (Wildman–Crippen MR) is 63.8 cm³/mol. The normalized spacial score (nSPS) is 9.31. The fraction of sp³-hybridized carbons (Fsp3) is 0.200. The van der Waals surface area contributed by atoms with Crippen molar-refractivity contribution in [1.29, 1.82) is 0 Å². The quantitative estimate of drug-likeness (QED) is 0.664. The van der Waals surface area contributed by atoms with Crippen LogP contribution < -0.4 is 5.32 Å². The van der Waals surface area contributed by atoms with E-state index in [4.69, 9.17) is 6.42 Å². The van der Waals surface area contributed by atoms with Gasteiger partial charge in [0.15, 0.2) is 0 Å². The Hall–Kier alpha value is -0.460. The van der Waals surface area contributed by atoms with E-state index >= 15 is 0 Å². The topological polar surface area (TPSA) is 12.0 Å². The number of terminal acetylenes is 1. The minimum absolute atomic E-state index is 0.735. The number of nitrogens with one attached hydrogen (secondary N) is 1. The maximum atomic E-state index is 5.15. The summed E-state index contributed by atoms with van der Waals surface area (Å²) in [5.74, 6) is 2.58. The van der Waals surface area contributed by atoms with Crippen molar-refractivity contribution in [2.24, 2.45) is 0 Å². The van der Waals surface area contributed by atoms with Crippen LogP contribution in [0.5, 0.6) is 0 Å². The van der Waals surface area contributed by atoms with Crippen LogP contribution in [-0.4, -0.2) is 6.54 Å². The molecule has 1 aromatic carbocycles. The predicted octanol–water partition coefficient (Wildman–Crippen LogP) is 3.65. The lowest BCUT2D eigenvalue weighted by Gasteiger charge is -2.06. The van der Waals surface area contributed by atoms with Crippen molar-refractivity contribution < 1.29 is 0 Å². The minimum Gasteiger partial charge on any atom is -0.383 e. The highest BCUT2D eigenvalue weighted by atomic mass is 79.9. The number of halogens is 2. The summed E-state index contributed by atoms with van der Waals surface area (Å²) in [7, 11) is 0. The molecule has 0 aliphatic carbocycles. The molecule has 13 heavy (non-hydrogen) atoms. The molecule has 0 saturated carbocycles. The van der Waals surface area contributed by atoms with Gasteiger partial charge in [-0.2, -0.15) is 0 Å². The first-order chi connectivity index (χ1) is 6.24. The van der Waals surface area contributed by atoms with Gasteiger partial charge in [0.1, 0.15) is 0 Å². The van der Waals surface area contributed by atoms with E-state index in [2.05, 4.69) is 43.1 Å². The maximum Gasteiger partial charge on any atom is 0.0496 e. The lowest BCUT2D eigenvalue weighted by Crippen LogP contribution is -2.00. The number of hydrogen-bond acceptors (Lipinski definition) is 1. The Morgan fingerprint density at radius 1 is 1.38 bits per heavy atom. The zero-order valence-electron chi connectivity index (χ0n) is 6.98. The van der Waals surface area contributed by atoms with E-state index in [0.717, 1.165) is 27.6 Å². The standard InChI is InChI=1S/C10H9Br2N/c1-2-3-6-13-10-7-8(11)4-5-9(10)12/h1,4-5,7,13H,3,6H2. The Labute approximate surface area is 95.2 Å². The first-order valence-corrected chi connectivity index (χ1v) is 5.45. The van der Waals surface area contributed by atoms with E-state index in [9.17, 15) is 0 Å². The number of anilines is 1. The molecule has 0 amide bonds. The van der Waals surface area contributed by atoms with Crippen molar-refractivity contribution >= 4 is 37.5 Å². The highest BCUT2D eigenvalue weighted by Crippen LogP contribution is 2.25. The van der Waals surface area contributed by atoms with E-state index in [0.29, 0.717) is 0 Å². The molecule has 1 N–H and O–H groups in total.